The molecule has 1 aromatic rings. The molecule has 0 aromatic heterocycles. The van der Waals surface area contributed by atoms with Gasteiger partial charge in [0, 0.05) is 25.3 Å². The molecule has 1 aliphatic rings. The fourth-order valence-electron chi connectivity index (χ4n) is 2.32. The van der Waals surface area contributed by atoms with Crippen LogP contribution in [0.15, 0.2) is 30.3 Å². The molecule has 0 aliphatic heterocycles. The van der Waals surface area contributed by atoms with Gasteiger partial charge in [-0.3, -0.25) is 5.32 Å². The van der Waals surface area contributed by atoms with Crippen molar-refractivity contribution < 1.29 is 9.53 Å². The van der Waals surface area contributed by atoms with Gasteiger partial charge in [-0.15, -0.1) is 0 Å². The number of ether oxygens (including phenoxy) is 1. The highest BCUT2D eigenvalue weighted by Crippen LogP contribution is 2.24. The van der Waals surface area contributed by atoms with Gasteiger partial charge in [-0.05, 0) is 31.9 Å². The van der Waals surface area contributed by atoms with E-state index in [0.29, 0.717) is 12.6 Å². The van der Waals surface area contributed by atoms with Gasteiger partial charge in [-0.2, -0.15) is 0 Å². The zero-order valence-electron chi connectivity index (χ0n) is 11.8. The van der Waals surface area contributed by atoms with E-state index in [1.54, 1.807) is 0 Å². The molecule has 1 fully saturated rings. The van der Waals surface area contributed by atoms with E-state index in [4.69, 9.17) is 4.74 Å². The Morgan fingerprint density at radius 2 is 2.05 bits per heavy atom. The number of carbonyl (C=O) groups excluding carboxylic acids is 1. The van der Waals surface area contributed by atoms with Crippen molar-refractivity contribution in [3.63, 3.8) is 0 Å². The number of hydrogen-bond donors (Lipinski definition) is 1. The van der Waals surface area contributed by atoms with Crippen molar-refractivity contribution >= 4 is 11.7 Å². The first-order valence-corrected chi connectivity index (χ1v) is 6.67. The second-order valence-electron chi connectivity index (χ2n) is 5.43. The number of nitrogens with zero attached hydrogens (tertiary/aromatic N) is 1. The van der Waals surface area contributed by atoms with Crippen molar-refractivity contribution in [2.24, 2.45) is 0 Å². The number of rotatable bonds is 6. The maximum absolute atomic E-state index is 12.1. The first-order valence-electron chi connectivity index (χ1n) is 6.67. The molecule has 104 valence electrons. The van der Waals surface area contributed by atoms with Crippen LogP contribution in [-0.2, 0) is 9.53 Å². The van der Waals surface area contributed by atoms with Gasteiger partial charge in [0.15, 0.2) is 0 Å². The highest BCUT2D eigenvalue weighted by Gasteiger charge is 2.40. The van der Waals surface area contributed by atoms with Crippen molar-refractivity contribution in [2.45, 2.75) is 31.3 Å². The van der Waals surface area contributed by atoms with E-state index in [-0.39, 0.29) is 5.97 Å². The minimum Gasteiger partial charge on any atom is -0.468 e. The lowest BCUT2D eigenvalue weighted by Crippen LogP contribution is -2.57. The molecule has 1 saturated carbocycles. The van der Waals surface area contributed by atoms with Gasteiger partial charge >= 0.3 is 5.97 Å². The van der Waals surface area contributed by atoms with Crippen LogP contribution in [0.1, 0.15) is 19.8 Å². The summed E-state index contributed by atoms with van der Waals surface area (Å²) in [4.78, 5) is 14.1. The summed E-state index contributed by atoms with van der Waals surface area (Å²) >= 11 is 0. The fourth-order valence-corrected chi connectivity index (χ4v) is 2.32. The lowest BCUT2D eigenvalue weighted by atomic mass is 10.0. The van der Waals surface area contributed by atoms with Crippen LogP contribution in [0.4, 0.5) is 5.69 Å². The van der Waals surface area contributed by atoms with Gasteiger partial charge in [-0.25, -0.2) is 4.79 Å². The number of esters is 1. The lowest BCUT2D eigenvalue weighted by molar-refractivity contribution is -0.147. The van der Waals surface area contributed by atoms with E-state index in [1.165, 1.54) is 7.11 Å². The molecule has 0 heterocycles. The molecule has 19 heavy (non-hydrogen) atoms. The molecule has 4 heteroatoms. The third-order valence-corrected chi connectivity index (χ3v) is 3.49. The predicted octanol–water partition coefficient (Wildman–Crippen LogP) is 1.81. The Kier molecular flexibility index (Phi) is 4.10. The molecule has 1 aromatic carbocycles. The summed E-state index contributed by atoms with van der Waals surface area (Å²) in [6, 6.07) is 10.5. The average molecular weight is 262 g/mol. The van der Waals surface area contributed by atoms with Crippen LogP contribution in [-0.4, -0.2) is 38.3 Å². The fraction of sp³-hybridized carbons (Fsp3) is 0.533. The molecule has 1 atom stereocenters. The van der Waals surface area contributed by atoms with Crippen LogP contribution in [0.25, 0.3) is 0 Å². The minimum absolute atomic E-state index is 0.206. The largest absolute Gasteiger partial charge is 0.468 e. The molecule has 0 spiro atoms. The third-order valence-electron chi connectivity index (χ3n) is 3.49. The number of likely N-dealkylation sites (N-methyl/N-ethyl adjacent to an activating group) is 1. The van der Waals surface area contributed by atoms with Crippen molar-refractivity contribution in [3.05, 3.63) is 30.3 Å². The summed E-state index contributed by atoms with van der Waals surface area (Å²) in [5.41, 5.74) is 0.427. The molecule has 1 N–H and O–H groups in total. The number of methoxy groups -OCH3 is 1. The first kappa shape index (κ1) is 13.9. The average Bonchev–Trinajstić information content (AvgIpc) is 3.22. The van der Waals surface area contributed by atoms with Crippen LogP contribution in [0.5, 0.6) is 0 Å². The highest BCUT2D eigenvalue weighted by atomic mass is 16.5. The molecule has 0 amide bonds. The number of benzene rings is 1. The Balaban J connectivity index is 2.08. The van der Waals surface area contributed by atoms with E-state index < -0.39 is 5.54 Å². The quantitative estimate of drug-likeness (QED) is 0.794. The van der Waals surface area contributed by atoms with E-state index in [0.717, 1.165) is 18.5 Å². The van der Waals surface area contributed by atoms with Gasteiger partial charge < -0.3 is 9.64 Å². The van der Waals surface area contributed by atoms with Crippen LogP contribution in [0.2, 0.25) is 0 Å². The second kappa shape index (κ2) is 5.61. The Hall–Kier alpha value is -1.55. The monoisotopic (exact) mass is 262 g/mol. The normalized spacial score (nSPS) is 17.6. The van der Waals surface area contributed by atoms with E-state index >= 15 is 0 Å². The molecule has 1 unspecified atom stereocenters. The summed E-state index contributed by atoms with van der Waals surface area (Å²) in [6.45, 7) is 2.50. The van der Waals surface area contributed by atoms with Crippen LogP contribution >= 0.6 is 0 Å². The molecule has 4 nitrogen and oxygen atoms in total. The maximum Gasteiger partial charge on any atom is 0.327 e. The molecule has 0 bridgehead atoms. The smallest absolute Gasteiger partial charge is 0.327 e. The molecule has 1 aliphatic carbocycles. The van der Waals surface area contributed by atoms with Gasteiger partial charge in [0.1, 0.15) is 5.54 Å². The van der Waals surface area contributed by atoms with Gasteiger partial charge in [0.25, 0.3) is 0 Å². The molecular formula is C15H22N2O2. The van der Waals surface area contributed by atoms with E-state index in [2.05, 4.69) is 10.2 Å². The van der Waals surface area contributed by atoms with Crippen LogP contribution in [0.3, 0.4) is 0 Å². The summed E-state index contributed by atoms with van der Waals surface area (Å²) in [5.74, 6) is -0.206. The van der Waals surface area contributed by atoms with E-state index in [9.17, 15) is 4.79 Å². The molecule has 2 rings (SSSR count). The van der Waals surface area contributed by atoms with Gasteiger partial charge in [0.2, 0.25) is 0 Å². The summed E-state index contributed by atoms with van der Waals surface area (Å²) in [6.07, 6.45) is 2.28. The van der Waals surface area contributed by atoms with Crippen LogP contribution < -0.4 is 10.2 Å². The Morgan fingerprint density at radius 1 is 1.42 bits per heavy atom. The standard InChI is InChI=1S/C15H22N2O2/c1-15(14(18)19-3,16-12-9-10-12)11-17(2)13-7-5-4-6-8-13/h4-8,12,16H,9-11H2,1-3H3. The third kappa shape index (κ3) is 3.47. The van der Waals surface area contributed by atoms with E-state index in [1.807, 2.05) is 44.3 Å². The zero-order chi connectivity index (χ0) is 13.9. The summed E-state index contributed by atoms with van der Waals surface area (Å²) < 4.78 is 4.95. The number of para-hydroxylation sites is 1. The van der Waals surface area contributed by atoms with Gasteiger partial charge in [0.05, 0.1) is 7.11 Å². The Morgan fingerprint density at radius 3 is 2.58 bits per heavy atom. The lowest BCUT2D eigenvalue weighted by Gasteiger charge is -2.33. The van der Waals surface area contributed by atoms with Gasteiger partial charge in [-0.1, -0.05) is 18.2 Å². The van der Waals surface area contributed by atoms with Crippen molar-refractivity contribution in [1.29, 1.82) is 0 Å². The molecule has 0 radical (unpaired) electrons. The molecular weight excluding hydrogens is 240 g/mol. The zero-order valence-corrected chi connectivity index (χ0v) is 11.8. The number of hydrogen-bond acceptors (Lipinski definition) is 4. The van der Waals surface area contributed by atoms with Crippen molar-refractivity contribution in [2.75, 3.05) is 25.6 Å². The summed E-state index contributed by atoms with van der Waals surface area (Å²) in [7, 11) is 3.43. The minimum atomic E-state index is -0.666. The Bertz CT molecular complexity index is 431. The maximum atomic E-state index is 12.1. The van der Waals surface area contributed by atoms with Crippen molar-refractivity contribution in [1.82, 2.24) is 5.32 Å². The predicted molar refractivity (Wildman–Crippen MR) is 76.3 cm³/mol. The van der Waals surface area contributed by atoms with Crippen LogP contribution in [0, 0.1) is 0 Å². The highest BCUT2D eigenvalue weighted by molar-refractivity contribution is 5.81. The SMILES string of the molecule is COC(=O)C(C)(CN(C)c1ccccc1)NC1CC1. The second-order valence-corrected chi connectivity index (χ2v) is 5.43. The molecule has 0 saturated heterocycles. The topological polar surface area (TPSA) is 41.6 Å². The number of carbonyl (C=O) groups is 1. The number of nitrogens with one attached hydrogen (secondary N) is 1. The number of anilines is 1. The van der Waals surface area contributed by atoms with Crippen molar-refractivity contribution in [3.8, 4) is 0 Å². The first-order chi connectivity index (χ1) is 9.05. The Labute approximate surface area is 114 Å². The summed E-state index contributed by atoms with van der Waals surface area (Å²) in [5, 5.41) is 3.40.